The minimum absolute atomic E-state index is 0.00507. The summed E-state index contributed by atoms with van der Waals surface area (Å²) in [5, 5.41) is 11.0. The second kappa shape index (κ2) is 9.22. The van der Waals surface area contributed by atoms with Crippen LogP contribution in [-0.4, -0.2) is 41.9 Å². The number of nitrogens with zero attached hydrogens (tertiary/aromatic N) is 1. The van der Waals surface area contributed by atoms with Gasteiger partial charge >= 0.3 is 5.97 Å². The average molecular weight is 465 g/mol. The van der Waals surface area contributed by atoms with Gasteiger partial charge in [0.15, 0.2) is 11.6 Å². The normalized spacial score (nSPS) is 17.1. The molecule has 0 aliphatic carbocycles. The maximum absolute atomic E-state index is 14.3. The number of likely N-dealkylation sites (tertiary alicyclic amines) is 1. The second-order valence-electron chi connectivity index (χ2n) is 7.47. The van der Waals surface area contributed by atoms with E-state index in [-0.39, 0.29) is 29.0 Å². The average Bonchev–Trinajstić information content (AvgIpc) is 3.45. The van der Waals surface area contributed by atoms with Crippen molar-refractivity contribution in [1.82, 2.24) is 4.90 Å². The predicted octanol–water partition coefficient (Wildman–Crippen LogP) is 3.84. The van der Waals surface area contributed by atoms with E-state index in [4.69, 9.17) is 13.9 Å². The number of carbonyl (C=O) groups is 3. The van der Waals surface area contributed by atoms with Crippen molar-refractivity contribution in [2.45, 2.75) is 12.6 Å². The first-order chi connectivity index (χ1) is 16.3. The van der Waals surface area contributed by atoms with E-state index in [0.717, 1.165) is 6.07 Å². The predicted molar refractivity (Wildman–Crippen MR) is 117 cm³/mol. The number of esters is 1. The Balaban J connectivity index is 1.85. The van der Waals surface area contributed by atoms with Gasteiger partial charge in [-0.15, -0.1) is 0 Å². The van der Waals surface area contributed by atoms with Crippen LogP contribution in [-0.2, 0) is 20.9 Å². The van der Waals surface area contributed by atoms with Gasteiger partial charge in [0.05, 0.1) is 44.2 Å². The molecule has 1 aliphatic rings. The monoisotopic (exact) mass is 465 g/mol. The zero-order valence-corrected chi connectivity index (χ0v) is 18.3. The molecule has 34 heavy (non-hydrogen) atoms. The fourth-order valence-electron chi connectivity index (χ4n) is 3.85. The first-order valence-electron chi connectivity index (χ1n) is 10.2. The number of rotatable bonds is 6. The first kappa shape index (κ1) is 22.8. The van der Waals surface area contributed by atoms with Gasteiger partial charge in [-0.25, -0.2) is 9.18 Å². The highest BCUT2D eigenvalue weighted by Crippen LogP contribution is 2.40. The molecule has 2 aromatic carbocycles. The minimum Gasteiger partial charge on any atom is -0.507 e. The van der Waals surface area contributed by atoms with Crippen LogP contribution in [0.4, 0.5) is 4.39 Å². The van der Waals surface area contributed by atoms with Crippen LogP contribution in [0, 0.1) is 5.82 Å². The molecule has 4 rings (SSSR count). The Kier molecular flexibility index (Phi) is 6.18. The van der Waals surface area contributed by atoms with E-state index in [1.165, 1.54) is 49.6 Å². The van der Waals surface area contributed by atoms with E-state index in [9.17, 15) is 23.9 Å². The number of carbonyl (C=O) groups excluding carboxylic acids is 3. The molecule has 2 heterocycles. The summed E-state index contributed by atoms with van der Waals surface area (Å²) in [7, 11) is 2.55. The highest BCUT2D eigenvalue weighted by Gasteiger charge is 2.46. The smallest absolute Gasteiger partial charge is 0.337 e. The number of benzene rings is 2. The maximum Gasteiger partial charge on any atom is 0.337 e. The molecule has 1 amide bonds. The fourth-order valence-corrected chi connectivity index (χ4v) is 3.85. The summed E-state index contributed by atoms with van der Waals surface area (Å²) < 4.78 is 29.2. The van der Waals surface area contributed by atoms with Crippen LogP contribution < -0.4 is 4.74 Å². The summed E-state index contributed by atoms with van der Waals surface area (Å²) in [4.78, 5) is 39.1. The third-order valence-electron chi connectivity index (χ3n) is 5.52. The van der Waals surface area contributed by atoms with Crippen LogP contribution in [0.15, 0.2) is 70.9 Å². The van der Waals surface area contributed by atoms with Crippen molar-refractivity contribution in [3.8, 4) is 5.75 Å². The molecule has 1 atom stereocenters. The van der Waals surface area contributed by atoms with Crippen molar-refractivity contribution >= 4 is 23.4 Å². The molecule has 174 valence electrons. The lowest BCUT2D eigenvalue weighted by Crippen LogP contribution is -2.29. The number of ether oxygens (including phenoxy) is 2. The molecular weight excluding hydrogens is 445 g/mol. The van der Waals surface area contributed by atoms with E-state index in [0.29, 0.717) is 11.3 Å². The molecule has 0 saturated carbocycles. The van der Waals surface area contributed by atoms with Crippen molar-refractivity contribution in [2.75, 3.05) is 14.2 Å². The second-order valence-corrected chi connectivity index (χ2v) is 7.47. The molecule has 8 nitrogen and oxygen atoms in total. The van der Waals surface area contributed by atoms with Gasteiger partial charge in [-0.05, 0) is 48.0 Å². The van der Waals surface area contributed by atoms with Crippen LogP contribution in [0.3, 0.4) is 0 Å². The molecule has 0 radical (unpaired) electrons. The quantitative estimate of drug-likeness (QED) is 0.255. The summed E-state index contributed by atoms with van der Waals surface area (Å²) >= 11 is 0. The van der Waals surface area contributed by atoms with Gasteiger partial charge in [0.1, 0.15) is 11.5 Å². The molecule has 1 aromatic heterocycles. The van der Waals surface area contributed by atoms with Crippen LogP contribution in [0.25, 0.3) is 5.76 Å². The minimum atomic E-state index is -1.01. The summed E-state index contributed by atoms with van der Waals surface area (Å²) in [6, 6.07) is 12.1. The SMILES string of the molecule is COC(=O)c1ccc(C2/C(=C(/O)c3ccc(OC)c(F)c3)C(=O)C(=O)N2Cc2ccco2)cc1. The van der Waals surface area contributed by atoms with E-state index < -0.39 is 35.3 Å². The highest BCUT2D eigenvalue weighted by atomic mass is 19.1. The number of Topliss-reactive ketones (excluding diaryl/α,β-unsaturated/α-hetero) is 1. The van der Waals surface area contributed by atoms with Crippen LogP contribution >= 0.6 is 0 Å². The third kappa shape index (κ3) is 4.03. The van der Waals surface area contributed by atoms with Crippen LogP contribution in [0.2, 0.25) is 0 Å². The van der Waals surface area contributed by atoms with Crippen molar-refractivity contribution in [3.63, 3.8) is 0 Å². The van der Waals surface area contributed by atoms with E-state index in [1.54, 1.807) is 24.3 Å². The molecule has 1 unspecified atom stereocenters. The van der Waals surface area contributed by atoms with Crippen molar-refractivity contribution in [3.05, 3.63) is 94.7 Å². The van der Waals surface area contributed by atoms with Gasteiger partial charge in [0, 0.05) is 5.56 Å². The Hall–Kier alpha value is -4.40. The topological polar surface area (TPSA) is 106 Å². The number of furan rings is 1. The van der Waals surface area contributed by atoms with Crippen LogP contribution in [0.5, 0.6) is 5.75 Å². The Labute approximate surface area is 193 Å². The molecule has 1 aliphatic heterocycles. The third-order valence-corrected chi connectivity index (χ3v) is 5.52. The fraction of sp³-hybridized carbons (Fsp3) is 0.160. The molecule has 9 heteroatoms. The molecule has 1 saturated heterocycles. The molecule has 3 aromatic rings. The van der Waals surface area contributed by atoms with E-state index in [2.05, 4.69) is 0 Å². The Bertz CT molecular complexity index is 1280. The Morgan fingerprint density at radius 1 is 1.09 bits per heavy atom. The number of aliphatic hydroxyl groups excluding tert-OH is 1. The maximum atomic E-state index is 14.3. The number of aliphatic hydroxyl groups is 1. The number of methoxy groups -OCH3 is 2. The highest BCUT2D eigenvalue weighted by molar-refractivity contribution is 6.46. The lowest BCUT2D eigenvalue weighted by atomic mass is 9.94. The Morgan fingerprint density at radius 2 is 1.79 bits per heavy atom. The van der Waals surface area contributed by atoms with Crippen molar-refractivity contribution in [1.29, 1.82) is 0 Å². The number of amides is 1. The van der Waals surface area contributed by atoms with E-state index >= 15 is 0 Å². The lowest BCUT2D eigenvalue weighted by molar-refractivity contribution is -0.140. The Morgan fingerprint density at radius 3 is 2.38 bits per heavy atom. The summed E-state index contributed by atoms with van der Waals surface area (Å²) in [5.41, 5.74) is 0.512. The van der Waals surface area contributed by atoms with E-state index in [1.807, 2.05) is 0 Å². The molecule has 0 spiro atoms. The summed E-state index contributed by atoms with van der Waals surface area (Å²) in [6.07, 6.45) is 1.44. The van der Waals surface area contributed by atoms with Gasteiger partial charge in [-0.2, -0.15) is 0 Å². The molecule has 0 bridgehead atoms. The van der Waals surface area contributed by atoms with Crippen molar-refractivity contribution in [2.24, 2.45) is 0 Å². The number of hydrogen-bond donors (Lipinski definition) is 1. The largest absolute Gasteiger partial charge is 0.507 e. The number of ketones is 1. The lowest BCUT2D eigenvalue weighted by Gasteiger charge is -2.24. The number of hydrogen-bond acceptors (Lipinski definition) is 7. The van der Waals surface area contributed by atoms with Crippen molar-refractivity contribution < 1.29 is 37.8 Å². The van der Waals surface area contributed by atoms with Gasteiger partial charge in [0.25, 0.3) is 11.7 Å². The molecule has 1 N–H and O–H groups in total. The van der Waals surface area contributed by atoms with Gasteiger partial charge in [-0.3, -0.25) is 9.59 Å². The standard InChI is InChI=1S/C25H20FNO7/c1-32-19-10-9-16(12-18(19)26)22(28)20-21(14-5-7-15(8-6-14)25(31)33-2)27(24(30)23(20)29)13-17-4-3-11-34-17/h3-12,21,28H,13H2,1-2H3/b22-20-. The van der Waals surface area contributed by atoms with Gasteiger partial charge < -0.3 is 23.9 Å². The van der Waals surface area contributed by atoms with Gasteiger partial charge in [-0.1, -0.05) is 12.1 Å². The number of halogens is 1. The summed E-state index contributed by atoms with van der Waals surface area (Å²) in [6.45, 7) is -0.0469. The van der Waals surface area contributed by atoms with Gasteiger partial charge in [0.2, 0.25) is 0 Å². The summed E-state index contributed by atoms with van der Waals surface area (Å²) in [5.74, 6) is -3.22. The zero-order valence-electron chi connectivity index (χ0n) is 18.3. The first-order valence-corrected chi connectivity index (χ1v) is 10.2. The molecular formula is C25H20FNO7. The van der Waals surface area contributed by atoms with Crippen LogP contribution in [0.1, 0.15) is 33.3 Å². The molecule has 1 fully saturated rings. The zero-order chi connectivity index (χ0) is 24.4.